The van der Waals surface area contributed by atoms with Crippen molar-refractivity contribution in [3.63, 3.8) is 0 Å². The first-order valence-electron chi connectivity index (χ1n) is 6.72. The molecule has 0 spiro atoms. The van der Waals surface area contributed by atoms with Crippen molar-refractivity contribution in [1.82, 2.24) is 9.97 Å². The molecule has 3 rings (SSSR count). The molecule has 0 aliphatic carbocycles. The van der Waals surface area contributed by atoms with Gasteiger partial charge in [0.2, 0.25) is 5.95 Å². The molecule has 1 aliphatic rings. The number of anilines is 1. The molecule has 0 bridgehead atoms. The van der Waals surface area contributed by atoms with Crippen molar-refractivity contribution < 1.29 is 0 Å². The number of hydrogen-bond donors (Lipinski definition) is 1. The van der Waals surface area contributed by atoms with Crippen molar-refractivity contribution >= 4 is 5.95 Å². The van der Waals surface area contributed by atoms with Gasteiger partial charge in [-0.15, -0.1) is 0 Å². The van der Waals surface area contributed by atoms with Gasteiger partial charge in [-0.25, -0.2) is 9.97 Å². The first kappa shape index (κ1) is 12.1. The van der Waals surface area contributed by atoms with Crippen LogP contribution in [0.3, 0.4) is 0 Å². The average molecular weight is 254 g/mol. The summed E-state index contributed by atoms with van der Waals surface area (Å²) in [7, 11) is 0. The highest BCUT2D eigenvalue weighted by atomic mass is 15.3. The van der Waals surface area contributed by atoms with Crippen molar-refractivity contribution in [2.24, 2.45) is 5.73 Å². The average Bonchev–Trinajstić information content (AvgIpc) is 2.48. The molecular weight excluding hydrogens is 236 g/mol. The van der Waals surface area contributed by atoms with Crippen LogP contribution in [0.2, 0.25) is 0 Å². The summed E-state index contributed by atoms with van der Waals surface area (Å²) in [6, 6.07) is 12.4. The molecule has 1 fully saturated rings. The molecule has 0 saturated carbocycles. The van der Waals surface area contributed by atoms with Gasteiger partial charge in [0.05, 0.1) is 5.69 Å². The van der Waals surface area contributed by atoms with E-state index in [9.17, 15) is 0 Å². The van der Waals surface area contributed by atoms with Gasteiger partial charge in [-0.2, -0.15) is 0 Å². The SMILES string of the molecule is NC1CCCN(c2nccc(-c3ccccc3)n2)C1. The fourth-order valence-corrected chi connectivity index (χ4v) is 2.46. The standard InChI is InChI=1S/C15H18N4/c16-13-7-4-10-19(11-13)15-17-9-8-14(18-15)12-5-2-1-3-6-12/h1-3,5-6,8-9,13H,4,7,10-11,16H2. The minimum Gasteiger partial charge on any atom is -0.339 e. The lowest BCUT2D eigenvalue weighted by atomic mass is 10.1. The van der Waals surface area contributed by atoms with Crippen molar-refractivity contribution in [3.8, 4) is 11.3 Å². The molecular formula is C15H18N4. The maximum atomic E-state index is 6.01. The summed E-state index contributed by atoms with van der Waals surface area (Å²) in [5, 5.41) is 0. The van der Waals surface area contributed by atoms with E-state index in [1.54, 1.807) is 0 Å². The van der Waals surface area contributed by atoms with Gasteiger partial charge in [-0.3, -0.25) is 0 Å². The molecule has 1 aliphatic heterocycles. The molecule has 0 amide bonds. The Morgan fingerprint density at radius 1 is 1.16 bits per heavy atom. The molecule has 1 aromatic heterocycles. The van der Waals surface area contributed by atoms with Crippen LogP contribution in [0.15, 0.2) is 42.6 Å². The lowest BCUT2D eigenvalue weighted by Gasteiger charge is -2.30. The van der Waals surface area contributed by atoms with E-state index >= 15 is 0 Å². The molecule has 19 heavy (non-hydrogen) atoms. The highest BCUT2D eigenvalue weighted by molar-refractivity contribution is 5.59. The Balaban J connectivity index is 1.88. The third-order valence-corrected chi connectivity index (χ3v) is 3.45. The van der Waals surface area contributed by atoms with E-state index in [0.717, 1.165) is 43.1 Å². The zero-order valence-corrected chi connectivity index (χ0v) is 10.9. The Bertz CT molecular complexity index is 541. The van der Waals surface area contributed by atoms with Crippen LogP contribution >= 0.6 is 0 Å². The van der Waals surface area contributed by atoms with Crippen LogP contribution in [0, 0.1) is 0 Å². The monoisotopic (exact) mass is 254 g/mol. The molecule has 0 radical (unpaired) electrons. The van der Waals surface area contributed by atoms with E-state index in [1.807, 2.05) is 30.5 Å². The number of hydrogen-bond acceptors (Lipinski definition) is 4. The first-order chi connectivity index (χ1) is 9.33. The molecule has 1 aromatic carbocycles. The number of nitrogens with two attached hydrogens (primary N) is 1. The maximum absolute atomic E-state index is 6.01. The van der Waals surface area contributed by atoms with Crippen LogP contribution in [0.25, 0.3) is 11.3 Å². The van der Waals surface area contributed by atoms with E-state index in [-0.39, 0.29) is 6.04 Å². The van der Waals surface area contributed by atoms with Crippen LogP contribution in [0.1, 0.15) is 12.8 Å². The van der Waals surface area contributed by atoms with Crippen LogP contribution in [-0.4, -0.2) is 29.1 Å². The van der Waals surface area contributed by atoms with E-state index in [2.05, 4.69) is 27.0 Å². The summed E-state index contributed by atoms with van der Waals surface area (Å²) in [6.07, 6.45) is 4.03. The van der Waals surface area contributed by atoms with Crippen LogP contribution in [-0.2, 0) is 0 Å². The third-order valence-electron chi connectivity index (χ3n) is 3.45. The molecule has 1 unspecified atom stereocenters. The van der Waals surface area contributed by atoms with Crippen LogP contribution < -0.4 is 10.6 Å². The Morgan fingerprint density at radius 2 is 2.00 bits per heavy atom. The number of aromatic nitrogens is 2. The lowest BCUT2D eigenvalue weighted by molar-refractivity contribution is 0.500. The van der Waals surface area contributed by atoms with E-state index in [0.29, 0.717) is 0 Å². The van der Waals surface area contributed by atoms with E-state index < -0.39 is 0 Å². The normalized spacial score (nSPS) is 19.4. The molecule has 4 nitrogen and oxygen atoms in total. The van der Waals surface area contributed by atoms with Crippen molar-refractivity contribution in [2.75, 3.05) is 18.0 Å². The topological polar surface area (TPSA) is 55.0 Å². The van der Waals surface area contributed by atoms with Crippen molar-refractivity contribution in [2.45, 2.75) is 18.9 Å². The quantitative estimate of drug-likeness (QED) is 0.891. The predicted molar refractivity (Wildman–Crippen MR) is 76.9 cm³/mol. The zero-order valence-electron chi connectivity index (χ0n) is 10.9. The molecule has 2 aromatic rings. The summed E-state index contributed by atoms with van der Waals surface area (Å²) < 4.78 is 0. The maximum Gasteiger partial charge on any atom is 0.225 e. The number of benzene rings is 1. The highest BCUT2D eigenvalue weighted by Gasteiger charge is 2.19. The molecule has 2 heterocycles. The fourth-order valence-electron chi connectivity index (χ4n) is 2.46. The first-order valence-corrected chi connectivity index (χ1v) is 6.72. The Hall–Kier alpha value is -1.94. The van der Waals surface area contributed by atoms with E-state index in [1.165, 1.54) is 0 Å². The second-order valence-electron chi connectivity index (χ2n) is 4.96. The van der Waals surface area contributed by atoms with Gasteiger partial charge in [-0.05, 0) is 18.9 Å². The largest absolute Gasteiger partial charge is 0.339 e. The van der Waals surface area contributed by atoms with Gasteiger partial charge in [0.1, 0.15) is 0 Å². The minimum absolute atomic E-state index is 0.234. The number of piperidine rings is 1. The minimum atomic E-state index is 0.234. The second-order valence-corrected chi connectivity index (χ2v) is 4.96. The number of nitrogens with zero attached hydrogens (tertiary/aromatic N) is 3. The molecule has 1 atom stereocenters. The highest BCUT2D eigenvalue weighted by Crippen LogP contribution is 2.20. The van der Waals surface area contributed by atoms with Gasteiger partial charge in [0, 0.05) is 30.9 Å². The van der Waals surface area contributed by atoms with Gasteiger partial charge >= 0.3 is 0 Å². The third kappa shape index (κ3) is 2.74. The lowest BCUT2D eigenvalue weighted by Crippen LogP contribution is -2.43. The van der Waals surface area contributed by atoms with Crippen LogP contribution in [0.4, 0.5) is 5.95 Å². The second kappa shape index (κ2) is 5.36. The van der Waals surface area contributed by atoms with Gasteiger partial charge in [-0.1, -0.05) is 30.3 Å². The van der Waals surface area contributed by atoms with Gasteiger partial charge in [0.25, 0.3) is 0 Å². The Labute approximate surface area is 113 Å². The van der Waals surface area contributed by atoms with E-state index in [4.69, 9.17) is 5.73 Å². The van der Waals surface area contributed by atoms with Gasteiger partial charge in [0.15, 0.2) is 0 Å². The number of rotatable bonds is 2. The predicted octanol–water partition coefficient (Wildman–Crippen LogP) is 2.07. The molecule has 98 valence electrons. The molecule has 1 saturated heterocycles. The summed E-state index contributed by atoms with van der Waals surface area (Å²) in [4.78, 5) is 11.2. The van der Waals surface area contributed by atoms with Crippen molar-refractivity contribution in [1.29, 1.82) is 0 Å². The summed E-state index contributed by atoms with van der Waals surface area (Å²) in [5.41, 5.74) is 8.10. The summed E-state index contributed by atoms with van der Waals surface area (Å²) in [5.74, 6) is 0.788. The summed E-state index contributed by atoms with van der Waals surface area (Å²) in [6.45, 7) is 1.84. The smallest absolute Gasteiger partial charge is 0.225 e. The zero-order chi connectivity index (χ0) is 13.1. The van der Waals surface area contributed by atoms with Gasteiger partial charge < -0.3 is 10.6 Å². The summed E-state index contributed by atoms with van der Waals surface area (Å²) >= 11 is 0. The van der Waals surface area contributed by atoms with Crippen molar-refractivity contribution in [3.05, 3.63) is 42.6 Å². The van der Waals surface area contributed by atoms with Crippen LogP contribution in [0.5, 0.6) is 0 Å². The molecule has 2 N–H and O–H groups in total. The molecule has 4 heteroatoms. The fraction of sp³-hybridized carbons (Fsp3) is 0.333. The Morgan fingerprint density at radius 3 is 2.79 bits per heavy atom. The Kier molecular flexibility index (Phi) is 3.42.